The molecule has 1 heterocycles. The van der Waals surface area contributed by atoms with Gasteiger partial charge in [0.1, 0.15) is 0 Å². The van der Waals surface area contributed by atoms with E-state index in [2.05, 4.69) is 42.4 Å². The van der Waals surface area contributed by atoms with Crippen LogP contribution in [0.15, 0.2) is 12.4 Å². The fourth-order valence-electron chi connectivity index (χ4n) is 1.67. The molecule has 4 nitrogen and oxygen atoms in total. The maximum atomic E-state index is 4.16. The van der Waals surface area contributed by atoms with Gasteiger partial charge in [0.2, 0.25) is 0 Å². The van der Waals surface area contributed by atoms with E-state index < -0.39 is 0 Å². The van der Waals surface area contributed by atoms with E-state index in [0.29, 0.717) is 0 Å². The topological polar surface area (TPSA) is 33.1 Å². The van der Waals surface area contributed by atoms with E-state index in [1.165, 1.54) is 5.56 Å². The lowest BCUT2D eigenvalue weighted by Crippen LogP contribution is -2.46. The Morgan fingerprint density at radius 3 is 2.67 bits per heavy atom. The molecule has 86 valence electrons. The molecule has 1 aromatic heterocycles. The number of hydrogen-bond donors (Lipinski definition) is 1. The monoisotopic (exact) mass is 210 g/mol. The molecule has 4 heteroatoms. The van der Waals surface area contributed by atoms with Crippen LogP contribution in [-0.2, 0) is 13.6 Å². The predicted molar refractivity (Wildman–Crippen MR) is 62.7 cm³/mol. The summed E-state index contributed by atoms with van der Waals surface area (Å²) in [6, 6.07) is 0. The Morgan fingerprint density at radius 2 is 2.20 bits per heavy atom. The average Bonchev–Trinajstić information content (AvgIpc) is 2.50. The number of likely N-dealkylation sites (N-methyl/N-ethyl adjacent to an activating group) is 2. The zero-order valence-corrected chi connectivity index (χ0v) is 10.4. The molecule has 0 amide bonds. The van der Waals surface area contributed by atoms with Gasteiger partial charge >= 0.3 is 0 Å². The van der Waals surface area contributed by atoms with Gasteiger partial charge in [-0.15, -0.1) is 0 Å². The molecule has 0 unspecified atom stereocenters. The third kappa shape index (κ3) is 4.01. The van der Waals surface area contributed by atoms with Crippen LogP contribution < -0.4 is 5.32 Å². The van der Waals surface area contributed by atoms with Gasteiger partial charge in [-0.2, -0.15) is 5.10 Å². The summed E-state index contributed by atoms with van der Waals surface area (Å²) in [6.45, 7) is 6.36. The van der Waals surface area contributed by atoms with Crippen molar-refractivity contribution < 1.29 is 0 Å². The largest absolute Gasteiger partial charge is 0.314 e. The highest BCUT2D eigenvalue weighted by molar-refractivity contribution is 5.03. The van der Waals surface area contributed by atoms with Gasteiger partial charge in [-0.25, -0.2) is 0 Å². The van der Waals surface area contributed by atoms with Crippen molar-refractivity contribution in [2.24, 2.45) is 7.05 Å². The number of nitrogens with one attached hydrogen (secondary N) is 1. The molecule has 0 aliphatic carbocycles. The fraction of sp³-hybridized carbons (Fsp3) is 0.727. The second-order valence-electron chi connectivity index (χ2n) is 4.83. The van der Waals surface area contributed by atoms with E-state index in [0.717, 1.165) is 13.1 Å². The summed E-state index contributed by atoms with van der Waals surface area (Å²) in [5, 5.41) is 7.46. The minimum absolute atomic E-state index is 0.150. The molecule has 0 saturated carbocycles. The van der Waals surface area contributed by atoms with E-state index in [9.17, 15) is 0 Å². The first-order valence-corrected chi connectivity index (χ1v) is 5.28. The summed E-state index contributed by atoms with van der Waals surface area (Å²) in [7, 11) is 6.07. The van der Waals surface area contributed by atoms with Crippen molar-refractivity contribution in [3.8, 4) is 0 Å². The van der Waals surface area contributed by atoms with Crippen molar-refractivity contribution >= 4 is 0 Å². The number of nitrogens with zero attached hydrogens (tertiary/aromatic N) is 3. The average molecular weight is 210 g/mol. The summed E-state index contributed by atoms with van der Waals surface area (Å²) in [5.74, 6) is 0. The first kappa shape index (κ1) is 12.2. The summed E-state index contributed by atoms with van der Waals surface area (Å²) in [4.78, 5) is 2.30. The first-order valence-electron chi connectivity index (χ1n) is 5.28. The second kappa shape index (κ2) is 4.77. The number of aromatic nitrogens is 2. The molecule has 0 radical (unpaired) electrons. The number of hydrogen-bond acceptors (Lipinski definition) is 3. The summed E-state index contributed by atoms with van der Waals surface area (Å²) in [6.07, 6.45) is 3.98. The van der Waals surface area contributed by atoms with Crippen LogP contribution in [0.5, 0.6) is 0 Å². The molecular formula is C11H22N4. The van der Waals surface area contributed by atoms with Crippen molar-refractivity contribution in [3.63, 3.8) is 0 Å². The van der Waals surface area contributed by atoms with Gasteiger partial charge in [-0.05, 0) is 27.9 Å². The second-order valence-corrected chi connectivity index (χ2v) is 4.83. The molecule has 0 saturated heterocycles. The summed E-state index contributed by atoms with van der Waals surface area (Å²) < 4.78 is 1.84. The van der Waals surface area contributed by atoms with Crippen molar-refractivity contribution in [2.75, 3.05) is 20.6 Å². The smallest absolute Gasteiger partial charge is 0.0534 e. The van der Waals surface area contributed by atoms with E-state index in [4.69, 9.17) is 0 Å². The molecule has 0 bridgehead atoms. The van der Waals surface area contributed by atoms with Crippen LogP contribution in [0.3, 0.4) is 0 Å². The lowest BCUT2D eigenvalue weighted by atomic mass is 10.1. The number of aryl methyl sites for hydroxylation is 1. The molecule has 0 aliphatic heterocycles. The normalized spacial score (nSPS) is 12.4. The van der Waals surface area contributed by atoms with Gasteiger partial charge in [0.25, 0.3) is 0 Å². The van der Waals surface area contributed by atoms with E-state index in [1.54, 1.807) is 0 Å². The zero-order valence-electron chi connectivity index (χ0n) is 10.4. The van der Waals surface area contributed by atoms with Crippen LogP contribution in [0.1, 0.15) is 19.4 Å². The molecule has 15 heavy (non-hydrogen) atoms. The van der Waals surface area contributed by atoms with Crippen LogP contribution in [0.25, 0.3) is 0 Å². The minimum atomic E-state index is 0.150. The highest BCUT2D eigenvalue weighted by Crippen LogP contribution is 2.07. The molecular weight excluding hydrogens is 188 g/mol. The molecule has 0 fully saturated rings. The van der Waals surface area contributed by atoms with Crippen LogP contribution in [0, 0.1) is 0 Å². The molecule has 1 aromatic rings. The summed E-state index contributed by atoms with van der Waals surface area (Å²) in [5.41, 5.74) is 1.41. The summed E-state index contributed by atoms with van der Waals surface area (Å²) >= 11 is 0. The molecule has 1 rings (SSSR count). The number of rotatable bonds is 5. The Hall–Kier alpha value is -0.870. The Balaban J connectivity index is 2.46. The maximum absolute atomic E-state index is 4.16. The van der Waals surface area contributed by atoms with Crippen molar-refractivity contribution in [1.82, 2.24) is 20.0 Å². The molecule has 0 spiro atoms. The van der Waals surface area contributed by atoms with E-state index >= 15 is 0 Å². The van der Waals surface area contributed by atoms with Crippen molar-refractivity contribution in [1.29, 1.82) is 0 Å². The highest BCUT2D eigenvalue weighted by atomic mass is 15.2. The van der Waals surface area contributed by atoms with Gasteiger partial charge in [0, 0.05) is 37.4 Å². The standard InChI is InChI=1S/C11H22N4/c1-11(2,12-3)9-14(4)7-10-6-13-15(5)8-10/h6,8,12H,7,9H2,1-5H3. The van der Waals surface area contributed by atoms with Crippen LogP contribution >= 0.6 is 0 Å². The lowest BCUT2D eigenvalue weighted by Gasteiger charge is -2.29. The van der Waals surface area contributed by atoms with E-state index in [1.807, 2.05) is 25.0 Å². The van der Waals surface area contributed by atoms with Crippen molar-refractivity contribution in [3.05, 3.63) is 18.0 Å². The Bertz CT molecular complexity index is 303. The van der Waals surface area contributed by atoms with Crippen LogP contribution in [-0.4, -0.2) is 40.9 Å². The van der Waals surface area contributed by atoms with Crippen LogP contribution in [0.4, 0.5) is 0 Å². The van der Waals surface area contributed by atoms with Gasteiger partial charge in [0.05, 0.1) is 6.20 Å². The quantitative estimate of drug-likeness (QED) is 0.782. The highest BCUT2D eigenvalue weighted by Gasteiger charge is 2.17. The lowest BCUT2D eigenvalue weighted by molar-refractivity contribution is 0.238. The van der Waals surface area contributed by atoms with Crippen LogP contribution in [0.2, 0.25) is 0 Å². The minimum Gasteiger partial charge on any atom is -0.314 e. The molecule has 0 aliphatic rings. The van der Waals surface area contributed by atoms with Crippen molar-refractivity contribution in [2.45, 2.75) is 25.9 Å². The SMILES string of the molecule is CNC(C)(C)CN(C)Cc1cnn(C)c1. The fourth-order valence-corrected chi connectivity index (χ4v) is 1.67. The molecule has 0 aromatic carbocycles. The van der Waals surface area contributed by atoms with Gasteiger partial charge in [-0.3, -0.25) is 4.68 Å². The molecule has 1 N–H and O–H groups in total. The maximum Gasteiger partial charge on any atom is 0.0534 e. The Morgan fingerprint density at radius 1 is 1.53 bits per heavy atom. The van der Waals surface area contributed by atoms with Gasteiger partial charge < -0.3 is 10.2 Å². The van der Waals surface area contributed by atoms with Gasteiger partial charge in [0.15, 0.2) is 0 Å². The Labute approximate surface area is 92.3 Å². The third-order valence-corrected chi connectivity index (χ3v) is 2.55. The van der Waals surface area contributed by atoms with E-state index in [-0.39, 0.29) is 5.54 Å². The predicted octanol–water partition coefficient (Wildman–Crippen LogP) is 0.850. The Kier molecular flexibility index (Phi) is 3.88. The first-order chi connectivity index (χ1) is 6.93. The third-order valence-electron chi connectivity index (χ3n) is 2.55. The zero-order chi connectivity index (χ0) is 11.5. The molecule has 0 atom stereocenters. The van der Waals surface area contributed by atoms with Gasteiger partial charge in [-0.1, -0.05) is 0 Å².